The summed E-state index contributed by atoms with van der Waals surface area (Å²) in [6.45, 7) is 3.86. The van der Waals surface area contributed by atoms with E-state index in [1.165, 1.54) is 0 Å². The quantitative estimate of drug-likeness (QED) is 0.307. The van der Waals surface area contributed by atoms with Gasteiger partial charge in [0.05, 0.1) is 0 Å². The second-order valence-electron chi connectivity index (χ2n) is 1.01. The van der Waals surface area contributed by atoms with Crippen LogP contribution in [0.4, 0.5) is 0 Å². The molecule has 0 aromatic heterocycles. The molecule has 0 nitrogen and oxygen atoms in total. The fourth-order valence-electron chi connectivity index (χ4n) is 0. The van der Waals surface area contributed by atoms with Gasteiger partial charge in [-0.05, 0) is 13.8 Å². The zero-order valence-electron chi connectivity index (χ0n) is 3.96. The van der Waals surface area contributed by atoms with Crippen molar-refractivity contribution in [2.75, 3.05) is 0 Å². The molecule has 0 unspecified atom stereocenters. The number of rotatable bonds is 0. The predicted octanol–water partition coefficient (Wildman–Crippen LogP) is 1.25. The predicted molar refractivity (Wildman–Crippen MR) is 26.7 cm³/mol. The van der Waals surface area contributed by atoms with Crippen molar-refractivity contribution < 1.29 is 0 Å². The van der Waals surface area contributed by atoms with Crippen LogP contribution in [-0.2, 0) is 0 Å². The summed E-state index contributed by atoms with van der Waals surface area (Å²) in [6.07, 6.45) is 0. The van der Waals surface area contributed by atoms with Crippen LogP contribution in [0.2, 0.25) is 0 Å². The van der Waals surface area contributed by atoms with Crippen LogP contribution in [0.25, 0.3) is 0 Å². The minimum Gasteiger partial charge on any atom is -0.124 e. The second kappa shape index (κ2) is 4.89. The van der Waals surface area contributed by atoms with Crippen LogP contribution >= 0.6 is 11.6 Å². The Morgan fingerprint density at radius 1 is 1.40 bits per heavy atom. The fraction of sp³-hybridized carbons (Fsp3) is 1.00. The first-order chi connectivity index (χ1) is 1.73. The van der Waals surface area contributed by atoms with Crippen LogP contribution in [0.15, 0.2) is 0 Å². The van der Waals surface area contributed by atoms with E-state index in [1.807, 2.05) is 13.8 Å². The normalized spacial score (nSPS) is 7.20. The molecule has 0 amide bonds. The van der Waals surface area contributed by atoms with Crippen molar-refractivity contribution in [3.05, 3.63) is 0 Å². The standard InChI is InChI=1S/C3H7Cl.Li/c1-3(2)4;/h3H,1-2H3;. The summed E-state index contributed by atoms with van der Waals surface area (Å²) >= 11 is 5.27. The van der Waals surface area contributed by atoms with Gasteiger partial charge in [0, 0.05) is 24.2 Å². The third-order valence-corrected chi connectivity index (χ3v) is 0. The number of hydrogen-bond donors (Lipinski definition) is 0. The van der Waals surface area contributed by atoms with Gasteiger partial charge < -0.3 is 0 Å². The molecule has 1 radical (unpaired) electrons. The Kier molecular flexibility index (Phi) is 9.10. The van der Waals surface area contributed by atoms with Gasteiger partial charge in [-0.2, -0.15) is 0 Å². The molecule has 0 bridgehead atoms. The van der Waals surface area contributed by atoms with E-state index in [-0.39, 0.29) is 18.9 Å². The van der Waals surface area contributed by atoms with Gasteiger partial charge in [0.25, 0.3) is 0 Å². The van der Waals surface area contributed by atoms with Gasteiger partial charge in [0.2, 0.25) is 0 Å². The third-order valence-electron chi connectivity index (χ3n) is 0. The average Bonchev–Trinajstić information content (AvgIpc) is 0.811. The maximum Gasteiger partial charge on any atom is 0.0279 e. The first-order valence-corrected chi connectivity index (χ1v) is 1.81. The summed E-state index contributed by atoms with van der Waals surface area (Å²) in [5.41, 5.74) is 0. The van der Waals surface area contributed by atoms with Gasteiger partial charge in [0.1, 0.15) is 0 Å². The smallest absolute Gasteiger partial charge is 0.0279 e. The first-order valence-electron chi connectivity index (χ1n) is 1.37. The van der Waals surface area contributed by atoms with Gasteiger partial charge in [-0.25, -0.2) is 0 Å². The molecular formula is C3H7ClLi. The van der Waals surface area contributed by atoms with Gasteiger partial charge in [-0.1, -0.05) is 0 Å². The van der Waals surface area contributed by atoms with Crippen LogP contribution in [-0.4, -0.2) is 24.2 Å². The number of alkyl halides is 1. The van der Waals surface area contributed by atoms with E-state index in [2.05, 4.69) is 0 Å². The zero-order valence-corrected chi connectivity index (χ0v) is 4.71. The Hall–Kier alpha value is 0.887. The summed E-state index contributed by atoms with van der Waals surface area (Å²) in [5.74, 6) is 0. The summed E-state index contributed by atoms with van der Waals surface area (Å²) in [5, 5.41) is 0.306. The monoisotopic (exact) mass is 85.0 g/mol. The van der Waals surface area contributed by atoms with Crippen molar-refractivity contribution in [3.8, 4) is 0 Å². The van der Waals surface area contributed by atoms with Crippen LogP contribution in [0.5, 0.6) is 0 Å². The molecule has 0 aromatic rings. The molecule has 0 aromatic carbocycles. The van der Waals surface area contributed by atoms with Gasteiger partial charge in [-0.3, -0.25) is 0 Å². The number of halogens is 1. The molecule has 0 heterocycles. The van der Waals surface area contributed by atoms with E-state index in [1.54, 1.807) is 0 Å². The summed E-state index contributed by atoms with van der Waals surface area (Å²) in [4.78, 5) is 0. The van der Waals surface area contributed by atoms with Gasteiger partial charge >= 0.3 is 0 Å². The second-order valence-corrected chi connectivity index (χ2v) is 1.89. The molecule has 27 valence electrons. The molecule has 2 heteroatoms. The van der Waals surface area contributed by atoms with E-state index < -0.39 is 0 Å². The van der Waals surface area contributed by atoms with Crippen LogP contribution in [0.3, 0.4) is 0 Å². The molecule has 0 fully saturated rings. The Morgan fingerprint density at radius 3 is 1.40 bits per heavy atom. The SMILES string of the molecule is CC(C)Cl.[Li]. The molecule has 0 spiro atoms. The van der Waals surface area contributed by atoms with E-state index >= 15 is 0 Å². The maximum atomic E-state index is 5.27. The van der Waals surface area contributed by atoms with E-state index in [9.17, 15) is 0 Å². The van der Waals surface area contributed by atoms with Crippen molar-refractivity contribution in [2.45, 2.75) is 19.2 Å². The van der Waals surface area contributed by atoms with Crippen molar-refractivity contribution in [2.24, 2.45) is 0 Å². The van der Waals surface area contributed by atoms with Crippen molar-refractivity contribution in [1.29, 1.82) is 0 Å². The minimum absolute atomic E-state index is 0. The van der Waals surface area contributed by atoms with Crippen molar-refractivity contribution >= 4 is 30.5 Å². The third kappa shape index (κ3) is 51.7. The molecular weight excluding hydrogens is 78.4 g/mol. The Balaban J connectivity index is 0. The number of hydrogen-bond acceptors (Lipinski definition) is 0. The Morgan fingerprint density at radius 2 is 1.40 bits per heavy atom. The summed E-state index contributed by atoms with van der Waals surface area (Å²) < 4.78 is 0. The molecule has 0 aliphatic rings. The summed E-state index contributed by atoms with van der Waals surface area (Å²) in [7, 11) is 0. The van der Waals surface area contributed by atoms with Crippen LogP contribution < -0.4 is 0 Å². The van der Waals surface area contributed by atoms with E-state index in [4.69, 9.17) is 11.6 Å². The van der Waals surface area contributed by atoms with Crippen molar-refractivity contribution in [3.63, 3.8) is 0 Å². The van der Waals surface area contributed by atoms with Gasteiger partial charge in [-0.15, -0.1) is 11.6 Å². The molecule has 5 heavy (non-hydrogen) atoms. The average molecular weight is 85.5 g/mol. The van der Waals surface area contributed by atoms with E-state index in [0.717, 1.165) is 0 Å². The van der Waals surface area contributed by atoms with Crippen molar-refractivity contribution in [1.82, 2.24) is 0 Å². The Bertz CT molecular complexity index is 11.6. The molecule has 0 saturated carbocycles. The van der Waals surface area contributed by atoms with Gasteiger partial charge in [0.15, 0.2) is 0 Å². The maximum absolute atomic E-state index is 5.27. The largest absolute Gasteiger partial charge is 0.124 e. The molecule has 0 N–H and O–H groups in total. The molecule has 0 saturated heterocycles. The topological polar surface area (TPSA) is 0 Å². The van der Waals surface area contributed by atoms with Crippen LogP contribution in [0.1, 0.15) is 13.8 Å². The molecule has 0 rings (SSSR count). The Labute approximate surface area is 50.1 Å². The molecule has 0 atom stereocenters. The molecule has 0 aliphatic heterocycles. The minimum atomic E-state index is 0. The summed E-state index contributed by atoms with van der Waals surface area (Å²) in [6, 6.07) is 0. The first kappa shape index (κ1) is 9.31. The zero-order chi connectivity index (χ0) is 3.58. The van der Waals surface area contributed by atoms with E-state index in [0.29, 0.717) is 5.38 Å². The fourth-order valence-corrected chi connectivity index (χ4v) is 0. The van der Waals surface area contributed by atoms with Crippen LogP contribution in [0, 0.1) is 0 Å². The molecule has 0 aliphatic carbocycles.